The lowest BCUT2D eigenvalue weighted by atomic mass is 9.36. The fraction of sp³-hybridized carbons (Fsp3) is 0. The second kappa shape index (κ2) is 16.5. The molecule has 0 N–H and O–H groups in total. The van der Waals surface area contributed by atoms with E-state index in [0.29, 0.717) is 0 Å². The van der Waals surface area contributed by atoms with E-state index < -0.39 is 80.7 Å². The number of hydrogen-bond donors (Lipinski definition) is 0. The molecule has 13 aromatic rings. The molecule has 3 aromatic heterocycles. The summed E-state index contributed by atoms with van der Waals surface area (Å²) in [6.07, 6.45) is 0. The Hall–Kier alpha value is -9.11. The molecule has 71 heavy (non-hydrogen) atoms. The minimum absolute atomic E-state index is 0.138. The summed E-state index contributed by atoms with van der Waals surface area (Å²) < 4.78 is 117. The number of ether oxygens (including phenoxy) is 1. The van der Waals surface area contributed by atoms with Gasteiger partial charge in [-0.15, -0.1) is 0 Å². The number of para-hydroxylation sites is 6. The van der Waals surface area contributed by atoms with Gasteiger partial charge in [0.25, 0.3) is 6.71 Å². The highest BCUT2D eigenvalue weighted by Gasteiger charge is 2.43. The van der Waals surface area contributed by atoms with Crippen molar-refractivity contribution in [3.8, 4) is 34.8 Å². The third kappa shape index (κ3) is 6.45. The molecule has 0 unspecified atom stereocenters. The molecule has 0 radical (unpaired) electrons. The number of benzene rings is 10. The monoisotopic (exact) mass is 934 g/mol. The van der Waals surface area contributed by atoms with Crippen LogP contribution in [0.4, 0.5) is 0 Å². The Morgan fingerprint density at radius 2 is 0.775 bits per heavy atom. The Kier molecular flexibility index (Phi) is 7.25. The largest absolute Gasteiger partial charge is 0.458 e. The van der Waals surface area contributed by atoms with Gasteiger partial charge in [-0.1, -0.05) is 224 Å². The second-order valence-electron chi connectivity index (χ2n) is 17.4. The first kappa shape index (κ1) is 31.1. The van der Waals surface area contributed by atoms with E-state index in [1.807, 2.05) is 197 Å². The van der Waals surface area contributed by atoms with Gasteiger partial charge < -0.3 is 4.74 Å². The van der Waals surface area contributed by atoms with E-state index in [-0.39, 0.29) is 56.9 Å². The van der Waals surface area contributed by atoms with Crippen LogP contribution >= 0.6 is 0 Å². The van der Waals surface area contributed by atoms with Gasteiger partial charge in [0, 0.05) is 27.1 Å². The zero-order valence-electron chi connectivity index (χ0n) is 48.6. The Morgan fingerprint density at radius 3 is 1.20 bits per heavy atom. The Morgan fingerprint density at radius 1 is 0.394 bits per heavy atom. The maximum atomic E-state index is 11.1. The lowest BCUT2D eigenvalue weighted by Crippen LogP contribution is -2.75. The predicted octanol–water partition coefficient (Wildman–Crippen LogP) is 9.73. The van der Waals surface area contributed by atoms with Crippen molar-refractivity contribution in [3.05, 3.63) is 255 Å². The molecule has 0 atom stereocenters. The average molecular weight is 935 g/mol. The van der Waals surface area contributed by atoms with Crippen molar-refractivity contribution in [3.63, 3.8) is 0 Å². The normalized spacial score (nSPS) is 14.5. The topological polar surface area (TPSA) is 57.8 Å². The maximum absolute atomic E-state index is 11.1. The molecule has 14 rings (SSSR count). The highest BCUT2D eigenvalue weighted by Crippen LogP contribution is 2.35. The molecule has 0 fully saturated rings. The molecule has 332 valence electrons. The molecule has 8 heteroatoms. The van der Waals surface area contributed by atoms with Crippen LogP contribution in [-0.2, 0) is 0 Å². The third-order valence-electron chi connectivity index (χ3n) is 13.6. The van der Waals surface area contributed by atoms with E-state index in [1.165, 1.54) is 0 Å². The molecular weight excluding hydrogens is 882 g/mol. The summed E-state index contributed by atoms with van der Waals surface area (Å²) in [5.41, 5.74) is 2.15. The Labute approximate surface area is 427 Å². The molecule has 1 aliphatic rings. The number of fused-ring (bicyclic) bond motifs is 8. The summed E-state index contributed by atoms with van der Waals surface area (Å²) >= 11 is 0. The molecule has 0 amide bonds. The molecule has 1 aliphatic heterocycles. The summed E-state index contributed by atoms with van der Waals surface area (Å²) in [5.74, 6) is -0.718. The lowest BCUT2D eigenvalue weighted by Gasteiger charge is -2.35. The lowest BCUT2D eigenvalue weighted by molar-refractivity contribution is 0.487. The molecular formula is C63H42BN5OSi. The van der Waals surface area contributed by atoms with Gasteiger partial charge in [0.05, 0.1) is 37.1 Å². The van der Waals surface area contributed by atoms with Crippen molar-refractivity contribution in [2.24, 2.45) is 0 Å². The van der Waals surface area contributed by atoms with Gasteiger partial charge in [-0.25, -0.2) is 0 Å². The van der Waals surface area contributed by atoms with E-state index in [4.69, 9.17) is 25.2 Å². The Balaban J connectivity index is 1.22. The van der Waals surface area contributed by atoms with Gasteiger partial charge in [0.1, 0.15) is 11.5 Å². The van der Waals surface area contributed by atoms with Crippen molar-refractivity contribution in [1.29, 1.82) is 0 Å². The van der Waals surface area contributed by atoms with Crippen molar-refractivity contribution < 1.29 is 19.8 Å². The zero-order valence-corrected chi connectivity index (χ0v) is 38.6. The van der Waals surface area contributed by atoms with Crippen LogP contribution in [0, 0.1) is 0 Å². The minimum atomic E-state index is -4.09. The standard InChI is InChI=1S/C63H42BN5OSi/c1-4-22-45(23-5-1)71(46-24-6-2-7-25-46,47-26-8-3-9-27-47)48-41-43(40-44(42-48)64-53-32-14-20-38-59(53)70-60-39-21-15-33-54(60)64)61-65-62(68-55-34-16-10-28-49(55)50-29-11-17-35-56(50)68)67-63(66-61)69-57-36-18-12-30-51(57)52-31-13-19-37-58(52)69/h1-42H/i14D,15D,20D,21D,32D,33D,38D,39D,40D,41D,42D. The first-order valence-electron chi connectivity index (χ1n) is 28.7. The summed E-state index contributed by atoms with van der Waals surface area (Å²) in [5, 5.41) is 6.09. The van der Waals surface area contributed by atoms with Gasteiger partial charge in [-0.2, -0.15) is 15.0 Å². The molecule has 6 nitrogen and oxygen atoms in total. The first-order chi connectivity index (χ1) is 39.8. The van der Waals surface area contributed by atoms with Gasteiger partial charge >= 0.3 is 0 Å². The van der Waals surface area contributed by atoms with Gasteiger partial charge in [0.15, 0.2) is 13.9 Å². The van der Waals surface area contributed by atoms with Crippen LogP contribution in [0.3, 0.4) is 0 Å². The van der Waals surface area contributed by atoms with Crippen LogP contribution < -0.4 is 41.9 Å². The van der Waals surface area contributed by atoms with E-state index >= 15 is 0 Å². The van der Waals surface area contributed by atoms with E-state index in [1.54, 1.807) is 0 Å². The van der Waals surface area contributed by atoms with Gasteiger partial charge in [-0.3, -0.25) is 9.13 Å². The van der Waals surface area contributed by atoms with Crippen LogP contribution in [0.2, 0.25) is 0 Å². The highest BCUT2D eigenvalue weighted by atomic mass is 28.3. The number of nitrogens with zero attached hydrogens (tertiary/aromatic N) is 5. The van der Waals surface area contributed by atoms with E-state index in [0.717, 1.165) is 59.2 Å². The van der Waals surface area contributed by atoms with Gasteiger partial charge in [-0.05, 0) is 68.0 Å². The van der Waals surface area contributed by atoms with Crippen LogP contribution in [-0.4, -0.2) is 38.9 Å². The third-order valence-corrected chi connectivity index (χ3v) is 18.2. The first-order valence-corrected chi connectivity index (χ1v) is 25.2. The molecule has 0 saturated carbocycles. The van der Waals surface area contributed by atoms with Gasteiger partial charge in [0.2, 0.25) is 11.9 Å². The van der Waals surface area contributed by atoms with Crippen LogP contribution in [0.1, 0.15) is 15.1 Å². The Bertz CT molecular complexity index is 4430. The summed E-state index contributed by atoms with van der Waals surface area (Å²) in [6, 6.07) is 54.2. The van der Waals surface area contributed by atoms with Crippen LogP contribution in [0.15, 0.2) is 255 Å². The van der Waals surface area contributed by atoms with Crippen LogP contribution in [0.25, 0.3) is 66.9 Å². The fourth-order valence-electron chi connectivity index (χ4n) is 10.6. The van der Waals surface area contributed by atoms with Crippen molar-refractivity contribution in [1.82, 2.24) is 24.1 Å². The summed E-state index contributed by atoms with van der Waals surface area (Å²) in [6.45, 7) is -1.70. The maximum Gasteiger partial charge on any atom is 0.250 e. The second-order valence-corrected chi connectivity index (χ2v) is 21.1. The highest BCUT2D eigenvalue weighted by molar-refractivity contribution is 7.20. The average Bonchev–Trinajstić information content (AvgIpc) is 1.23. The fourth-order valence-corrected chi connectivity index (χ4v) is 15.2. The molecule has 0 aliphatic carbocycles. The number of rotatable bonds is 8. The van der Waals surface area contributed by atoms with Crippen molar-refractivity contribution >= 4 is 95.5 Å². The minimum Gasteiger partial charge on any atom is -0.458 e. The molecule has 10 aromatic carbocycles. The zero-order chi connectivity index (χ0) is 56.5. The molecule has 4 heterocycles. The van der Waals surface area contributed by atoms with Crippen molar-refractivity contribution in [2.75, 3.05) is 0 Å². The number of hydrogen-bond acceptors (Lipinski definition) is 4. The quantitative estimate of drug-likeness (QED) is 0.113. The summed E-state index contributed by atoms with van der Waals surface area (Å²) in [7, 11) is -4.09. The molecule has 0 bridgehead atoms. The summed E-state index contributed by atoms with van der Waals surface area (Å²) in [4.78, 5) is 16.1. The SMILES string of the molecule is [2H]c1c([2H])c([2H])c2c(c1[2H])Oc1c([2H])c([2H])c([2H])c([2H])c1B2c1c([2H])c(-c2nc(-n3c4ccccc4c4ccccc43)nc(-n3c4ccccc4c4ccccc43)n2)c([2H])c([Si](c2ccccc2)(c2ccccc2)c2ccccc2)c1[2H]. The smallest absolute Gasteiger partial charge is 0.250 e. The predicted molar refractivity (Wildman–Crippen MR) is 295 cm³/mol. The van der Waals surface area contributed by atoms with E-state index in [2.05, 4.69) is 0 Å². The number of aromatic nitrogens is 5. The van der Waals surface area contributed by atoms with E-state index in [9.17, 15) is 9.60 Å². The van der Waals surface area contributed by atoms with Crippen molar-refractivity contribution in [2.45, 2.75) is 0 Å². The molecule has 0 saturated heterocycles. The van der Waals surface area contributed by atoms with Crippen LogP contribution in [0.5, 0.6) is 11.5 Å². The molecule has 0 spiro atoms.